The average molecular weight is 297 g/mol. The van der Waals surface area contributed by atoms with Crippen molar-refractivity contribution < 1.29 is 4.79 Å². The number of hydrogen-bond acceptors (Lipinski definition) is 2. The van der Waals surface area contributed by atoms with Crippen molar-refractivity contribution in [2.75, 3.05) is 0 Å². The van der Waals surface area contributed by atoms with E-state index in [2.05, 4.69) is 17.6 Å². The number of halogens is 1. The van der Waals surface area contributed by atoms with Gasteiger partial charge in [0, 0.05) is 16.6 Å². The highest BCUT2D eigenvalue weighted by Gasteiger charge is 2.23. The van der Waals surface area contributed by atoms with Crippen LogP contribution in [-0.4, -0.2) is 17.5 Å². The molecule has 4 heteroatoms. The van der Waals surface area contributed by atoms with Crippen molar-refractivity contribution in [1.82, 2.24) is 10.6 Å². The van der Waals surface area contributed by atoms with Gasteiger partial charge in [0.25, 0.3) is 0 Å². The summed E-state index contributed by atoms with van der Waals surface area (Å²) in [5.41, 5.74) is 0.823. The van der Waals surface area contributed by atoms with Crippen molar-refractivity contribution in [2.45, 2.75) is 58.7 Å². The van der Waals surface area contributed by atoms with Gasteiger partial charge in [0.05, 0.1) is 6.04 Å². The quantitative estimate of drug-likeness (QED) is 0.841. The average Bonchev–Trinajstić information content (AvgIpc) is 2.38. The molecule has 2 N–H and O–H groups in total. The van der Waals surface area contributed by atoms with Gasteiger partial charge in [0.1, 0.15) is 0 Å². The first kappa shape index (κ1) is 17.0. The molecule has 0 bridgehead atoms. The molecule has 0 aromatic heterocycles. The van der Waals surface area contributed by atoms with Gasteiger partial charge in [-0.3, -0.25) is 10.1 Å². The van der Waals surface area contributed by atoms with Crippen LogP contribution < -0.4 is 10.6 Å². The van der Waals surface area contributed by atoms with Gasteiger partial charge in [-0.25, -0.2) is 0 Å². The maximum absolute atomic E-state index is 12.2. The minimum atomic E-state index is -0.271. The first-order valence-electron chi connectivity index (χ1n) is 7.09. The molecule has 1 aromatic carbocycles. The lowest BCUT2D eigenvalue weighted by atomic mass is 10.0. The summed E-state index contributed by atoms with van der Waals surface area (Å²) in [5, 5.41) is 7.05. The minimum Gasteiger partial charge on any atom is -0.350 e. The van der Waals surface area contributed by atoms with Crippen molar-refractivity contribution in [3.63, 3.8) is 0 Å². The lowest BCUT2D eigenvalue weighted by Gasteiger charge is -2.28. The SMILES string of the molecule is CCC(C)(C)NC(=O)C(C)NC(C)c1ccccc1Cl. The third-order valence-electron chi connectivity index (χ3n) is 3.61. The van der Waals surface area contributed by atoms with Crippen molar-refractivity contribution in [1.29, 1.82) is 0 Å². The van der Waals surface area contributed by atoms with Crippen molar-refractivity contribution in [3.8, 4) is 0 Å². The summed E-state index contributed by atoms with van der Waals surface area (Å²) in [5.74, 6) is 0.00996. The van der Waals surface area contributed by atoms with E-state index in [4.69, 9.17) is 11.6 Å². The van der Waals surface area contributed by atoms with E-state index in [-0.39, 0.29) is 23.5 Å². The van der Waals surface area contributed by atoms with Gasteiger partial charge in [0.15, 0.2) is 0 Å². The predicted octanol–water partition coefficient (Wildman–Crippen LogP) is 3.68. The molecule has 2 atom stereocenters. The summed E-state index contributed by atoms with van der Waals surface area (Å²) in [7, 11) is 0. The topological polar surface area (TPSA) is 41.1 Å². The van der Waals surface area contributed by atoms with Crippen LogP contribution in [0.1, 0.15) is 52.6 Å². The zero-order valence-corrected chi connectivity index (χ0v) is 13.7. The number of carbonyl (C=O) groups is 1. The fourth-order valence-corrected chi connectivity index (χ4v) is 2.20. The fourth-order valence-electron chi connectivity index (χ4n) is 1.90. The number of carbonyl (C=O) groups excluding carboxylic acids is 1. The molecule has 1 rings (SSSR count). The van der Waals surface area contributed by atoms with Crippen LogP contribution in [0.3, 0.4) is 0 Å². The summed E-state index contributed by atoms with van der Waals surface area (Å²) in [6, 6.07) is 7.44. The molecule has 0 aliphatic heterocycles. The Labute approximate surface area is 127 Å². The predicted molar refractivity (Wildman–Crippen MR) is 85.0 cm³/mol. The van der Waals surface area contributed by atoms with Gasteiger partial charge in [-0.2, -0.15) is 0 Å². The molecular weight excluding hydrogens is 272 g/mol. The van der Waals surface area contributed by atoms with Crippen LogP contribution in [0.5, 0.6) is 0 Å². The molecular formula is C16H25ClN2O. The zero-order chi connectivity index (χ0) is 15.3. The van der Waals surface area contributed by atoms with Crippen LogP contribution in [0.2, 0.25) is 5.02 Å². The number of hydrogen-bond donors (Lipinski definition) is 2. The van der Waals surface area contributed by atoms with E-state index in [0.29, 0.717) is 5.02 Å². The van der Waals surface area contributed by atoms with E-state index >= 15 is 0 Å². The van der Waals surface area contributed by atoms with Gasteiger partial charge in [-0.1, -0.05) is 36.7 Å². The highest BCUT2D eigenvalue weighted by Crippen LogP contribution is 2.22. The molecule has 0 saturated carbocycles. The summed E-state index contributed by atoms with van der Waals surface area (Å²) >= 11 is 6.17. The highest BCUT2D eigenvalue weighted by molar-refractivity contribution is 6.31. The standard InChI is InChI=1S/C16H25ClN2O/c1-6-16(4,5)19-15(20)12(3)18-11(2)13-9-7-8-10-14(13)17/h7-12,18H,6H2,1-5H3,(H,19,20). The molecule has 1 aromatic rings. The van der Waals surface area contributed by atoms with Gasteiger partial charge in [0.2, 0.25) is 5.91 Å². The van der Waals surface area contributed by atoms with Crippen LogP contribution >= 0.6 is 11.6 Å². The van der Waals surface area contributed by atoms with E-state index < -0.39 is 0 Å². The van der Waals surface area contributed by atoms with E-state index in [9.17, 15) is 4.79 Å². The van der Waals surface area contributed by atoms with Crippen LogP contribution in [0.4, 0.5) is 0 Å². The second-order valence-corrected chi connectivity index (χ2v) is 6.27. The Morgan fingerprint density at radius 2 is 1.90 bits per heavy atom. The zero-order valence-electron chi connectivity index (χ0n) is 13.0. The Kier molecular flexibility index (Phi) is 6.03. The third kappa shape index (κ3) is 4.80. The van der Waals surface area contributed by atoms with Crippen LogP contribution in [0.15, 0.2) is 24.3 Å². The molecule has 2 unspecified atom stereocenters. The van der Waals surface area contributed by atoms with Crippen LogP contribution in [-0.2, 0) is 4.79 Å². The Morgan fingerprint density at radius 3 is 2.45 bits per heavy atom. The molecule has 0 saturated heterocycles. The van der Waals surface area contributed by atoms with E-state index in [1.807, 2.05) is 52.0 Å². The molecule has 20 heavy (non-hydrogen) atoms. The Bertz CT molecular complexity index is 460. The molecule has 3 nitrogen and oxygen atoms in total. The number of amides is 1. The Balaban J connectivity index is 2.64. The smallest absolute Gasteiger partial charge is 0.237 e. The molecule has 0 radical (unpaired) electrons. The lowest BCUT2D eigenvalue weighted by molar-refractivity contribution is -0.124. The first-order chi connectivity index (χ1) is 9.26. The summed E-state index contributed by atoms with van der Waals surface area (Å²) in [6.45, 7) is 9.99. The molecule has 0 fully saturated rings. The highest BCUT2D eigenvalue weighted by atomic mass is 35.5. The summed E-state index contributed by atoms with van der Waals surface area (Å²) in [4.78, 5) is 12.2. The van der Waals surface area contributed by atoms with Gasteiger partial charge >= 0.3 is 0 Å². The third-order valence-corrected chi connectivity index (χ3v) is 3.95. The van der Waals surface area contributed by atoms with Crippen LogP contribution in [0, 0.1) is 0 Å². The fraction of sp³-hybridized carbons (Fsp3) is 0.562. The van der Waals surface area contributed by atoms with Gasteiger partial charge in [-0.05, 0) is 45.7 Å². The Hall–Kier alpha value is -1.06. The van der Waals surface area contributed by atoms with Crippen LogP contribution in [0.25, 0.3) is 0 Å². The summed E-state index contributed by atoms with van der Waals surface area (Å²) < 4.78 is 0. The van der Waals surface area contributed by atoms with Gasteiger partial charge < -0.3 is 5.32 Å². The molecule has 0 aliphatic rings. The molecule has 0 aliphatic carbocycles. The molecule has 112 valence electrons. The van der Waals surface area contributed by atoms with Crippen molar-refractivity contribution in [3.05, 3.63) is 34.9 Å². The minimum absolute atomic E-state index is 0.00996. The second kappa shape index (κ2) is 7.09. The second-order valence-electron chi connectivity index (χ2n) is 5.86. The maximum atomic E-state index is 12.2. The first-order valence-corrected chi connectivity index (χ1v) is 7.47. The normalized spacial score (nSPS) is 14.7. The lowest BCUT2D eigenvalue weighted by Crippen LogP contribution is -2.51. The van der Waals surface area contributed by atoms with E-state index in [0.717, 1.165) is 12.0 Å². The monoisotopic (exact) mass is 296 g/mol. The van der Waals surface area contributed by atoms with Gasteiger partial charge in [-0.15, -0.1) is 0 Å². The largest absolute Gasteiger partial charge is 0.350 e. The van der Waals surface area contributed by atoms with Crippen molar-refractivity contribution in [2.24, 2.45) is 0 Å². The van der Waals surface area contributed by atoms with E-state index in [1.165, 1.54) is 0 Å². The molecule has 1 amide bonds. The molecule has 0 heterocycles. The maximum Gasteiger partial charge on any atom is 0.237 e. The Morgan fingerprint density at radius 1 is 1.30 bits per heavy atom. The van der Waals surface area contributed by atoms with Crippen molar-refractivity contribution >= 4 is 17.5 Å². The molecule has 0 spiro atoms. The summed E-state index contributed by atoms with van der Waals surface area (Å²) in [6.07, 6.45) is 0.894. The number of nitrogens with one attached hydrogen (secondary N) is 2. The van der Waals surface area contributed by atoms with E-state index in [1.54, 1.807) is 0 Å². The number of benzene rings is 1. The number of rotatable bonds is 6.